The van der Waals surface area contributed by atoms with Gasteiger partial charge in [0.05, 0.1) is 0 Å². The molecule has 2 rings (SSSR count). The third-order valence-corrected chi connectivity index (χ3v) is 4.67. The quantitative estimate of drug-likeness (QED) is 0.677. The van der Waals surface area contributed by atoms with Crippen molar-refractivity contribution in [2.24, 2.45) is 0 Å². The molecule has 0 aliphatic heterocycles. The molecule has 0 heteroatoms. The summed E-state index contributed by atoms with van der Waals surface area (Å²) in [6.45, 7) is 11.3. The summed E-state index contributed by atoms with van der Waals surface area (Å²) in [7, 11) is 0. The lowest BCUT2D eigenvalue weighted by atomic mass is 9.84. The van der Waals surface area contributed by atoms with Crippen molar-refractivity contribution in [3.63, 3.8) is 0 Å². The SMILES string of the molecule is CCc1cccc(C(C)c2cccc(CC)c2C)c1C. The molecule has 2 aromatic rings. The fraction of sp³-hybridized carbons (Fsp3) is 0.400. The van der Waals surface area contributed by atoms with Crippen molar-refractivity contribution < 1.29 is 0 Å². The molecule has 0 aliphatic carbocycles. The van der Waals surface area contributed by atoms with Crippen molar-refractivity contribution in [1.29, 1.82) is 0 Å². The standard InChI is InChI=1S/C20H26/c1-6-17-10-8-12-19(14(17)3)16(5)20-13-9-11-18(7-2)15(20)4/h8-13,16H,6-7H2,1-5H3. The number of hydrogen-bond acceptors (Lipinski definition) is 0. The lowest BCUT2D eigenvalue weighted by Crippen LogP contribution is -2.04. The number of benzene rings is 2. The number of hydrogen-bond donors (Lipinski definition) is 0. The molecule has 0 saturated carbocycles. The summed E-state index contributed by atoms with van der Waals surface area (Å²) in [4.78, 5) is 0. The van der Waals surface area contributed by atoms with Crippen LogP contribution in [0.25, 0.3) is 0 Å². The fourth-order valence-electron chi connectivity index (χ4n) is 3.28. The molecule has 0 atom stereocenters. The Morgan fingerprint density at radius 1 is 0.750 bits per heavy atom. The van der Waals surface area contributed by atoms with E-state index in [1.165, 1.54) is 33.4 Å². The first-order chi connectivity index (χ1) is 9.60. The van der Waals surface area contributed by atoms with E-state index in [0.717, 1.165) is 12.8 Å². The van der Waals surface area contributed by atoms with Gasteiger partial charge in [-0.05, 0) is 60.1 Å². The zero-order chi connectivity index (χ0) is 14.7. The molecule has 0 unspecified atom stereocenters. The molecule has 0 aliphatic rings. The first kappa shape index (κ1) is 14.8. The van der Waals surface area contributed by atoms with Crippen LogP contribution >= 0.6 is 0 Å². The highest BCUT2D eigenvalue weighted by Gasteiger charge is 2.15. The summed E-state index contributed by atoms with van der Waals surface area (Å²) in [5.74, 6) is 0.466. The molecule has 0 saturated heterocycles. The van der Waals surface area contributed by atoms with Gasteiger partial charge in [-0.25, -0.2) is 0 Å². The van der Waals surface area contributed by atoms with Crippen LogP contribution in [-0.2, 0) is 12.8 Å². The van der Waals surface area contributed by atoms with Gasteiger partial charge in [0.1, 0.15) is 0 Å². The molecule has 0 N–H and O–H groups in total. The summed E-state index contributed by atoms with van der Waals surface area (Å²) in [5.41, 5.74) is 8.81. The highest BCUT2D eigenvalue weighted by Crippen LogP contribution is 2.31. The summed E-state index contributed by atoms with van der Waals surface area (Å²) in [6.07, 6.45) is 2.22. The second-order valence-corrected chi connectivity index (χ2v) is 5.69. The van der Waals surface area contributed by atoms with Crippen LogP contribution in [0.3, 0.4) is 0 Å². The Bertz CT molecular complexity index is 539. The van der Waals surface area contributed by atoms with Crippen LogP contribution in [-0.4, -0.2) is 0 Å². The largest absolute Gasteiger partial charge is 0.0617 e. The average Bonchev–Trinajstić information content (AvgIpc) is 2.47. The highest BCUT2D eigenvalue weighted by molar-refractivity contribution is 5.45. The van der Waals surface area contributed by atoms with E-state index in [1.54, 1.807) is 0 Å². The van der Waals surface area contributed by atoms with Gasteiger partial charge in [-0.3, -0.25) is 0 Å². The van der Waals surface area contributed by atoms with Crippen LogP contribution in [0.2, 0.25) is 0 Å². The zero-order valence-corrected chi connectivity index (χ0v) is 13.5. The van der Waals surface area contributed by atoms with E-state index in [2.05, 4.69) is 71.0 Å². The van der Waals surface area contributed by atoms with Crippen molar-refractivity contribution in [2.45, 2.75) is 53.4 Å². The molecule has 0 spiro atoms. The zero-order valence-electron chi connectivity index (χ0n) is 13.5. The van der Waals surface area contributed by atoms with Gasteiger partial charge in [-0.2, -0.15) is 0 Å². The van der Waals surface area contributed by atoms with Crippen molar-refractivity contribution >= 4 is 0 Å². The van der Waals surface area contributed by atoms with E-state index in [9.17, 15) is 0 Å². The second-order valence-electron chi connectivity index (χ2n) is 5.69. The maximum absolute atomic E-state index is 2.34. The minimum absolute atomic E-state index is 0.466. The van der Waals surface area contributed by atoms with E-state index in [0.29, 0.717) is 5.92 Å². The smallest absolute Gasteiger partial charge is 0.00664 e. The highest BCUT2D eigenvalue weighted by atomic mass is 14.2. The van der Waals surface area contributed by atoms with Crippen molar-refractivity contribution in [3.05, 3.63) is 69.8 Å². The van der Waals surface area contributed by atoms with E-state index >= 15 is 0 Å². The topological polar surface area (TPSA) is 0 Å². The maximum atomic E-state index is 2.34. The molecular formula is C20H26. The lowest BCUT2D eigenvalue weighted by Gasteiger charge is -2.20. The van der Waals surface area contributed by atoms with Crippen LogP contribution in [0.15, 0.2) is 36.4 Å². The van der Waals surface area contributed by atoms with Crippen molar-refractivity contribution in [2.75, 3.05) is 0 Å². The third-order valence-electron chi connectivity index (χ3n) is 4.67. The molecule has 0 amide bonds. The Kier molecular flexibility index (Phi) is 4.65. The van der Waals surface area contributed by atoms with Gasteiger partial charge < -0.3 is 0 Å². The third kappa shape index (κ3) is 2.65. The summed E-state index contributed by atoms with van der Waals surface area (Å²) >= 11 is 0. The Labute approximate surface area is 123 Å². The molecule has 0 fully saturated rings. The average molecular weight is 266 g/mol. The maximum Gasteiger partial charge on any atom is 0.00664 e. The monoisotopic (exact) mass is 266 g/mol. The number of rotatable bonds is 4. The van der Waals surface area contributed by atoms with E-state index in [4.69, 9.17) is 0 Å². The summed E-state index contributed by atoms with van der Waals surface area (Å²) < 4.78 is 0. The molecule has 0 nitrogen and oxygen atoms in total. The molecule has 106 valence electrons. The van der Waals surface area contributed by atoms with Crippen LogP contribution in [0.4, 0.5) is 0 Å². The van der Waals surface area contributed by atoms with Crippen LogP contribution in [0, 0.1) is 13.8 Å². The minimum atomic E-state index is 0.466. The normalized spacial score (nSPS) is 11.1. The minimum Gasteiger partial charge on any atom is -0.0617 e. The molecule has 2 aromatic carbocycles. The first-order valence-electron chi connectivity index (χ1n) is 7.76. The molecule has 0 bridgehead atoms. The van der Waals surface area contributed by atoms with Gasteiger partial charge in [0.25, 0.3) is 0 Å². The number of aryl methyl sites for hydroxylation is 2. The van der Waals surface area contributed by atoms with E-state index in [-0.39, 0.29) is 0 Å². The van der Waals surface area contributed by atoms with Gasteiger partial charge in [-0.15, -0.1) is 0 Å². The lowest BCUT2D eigenvalue weighted by molar-refractivity contribution is 0.882. The van der Waals surface area contributed by atoms with E-state index < -0.39 is 0 Å². The van der Waals surface area contributed by atoms with Crippen LogP contribution < -0.4 is 0 Å². The predicted octanol–water partition coefficient (Wildman–Crippen LogP) is 5.58. The molecule has 20 heavy (non-hydrogen) atoms. The van der Waals surface area contributed by atoms with Gasteiger partial charge in [0.15, 0.2) is 0 Å². The summed E-state index contributed by atoms with van der Waals surface area (Å²) in [6, 6.07) is 13.5. The fourth-order valence-corrected chi connectivity index (χ4v) is 3.28. The second kappa shape index (κ2) is 6.26. The van der Waals surface area contributed by atoms with E-state index in [1.807, 2.05) is 0 Å². The Balaban J connectivity index is 2.49. The Morgan fingerprint density at radius 2 is 1.15 bits per heavy atom. The van der Waals surface area contributed by atoms with Crippen LogP contribution in [0.5, 0.6) is 0 Å². The summed E-state index contributed by atoms with van der Waals surface area (Å²) in [5, 5.41) is 0. The van der Waals surface area contributed by atoms with Crippen molar-refractivity contribution in [3.8, 4) is 0 Å². The van der Waals surface area contributed by atoms with Crippen LogP contribution in [0.1, 0.15) is 60.1 Å². The molecular weight excluding hydrogens is 240 g/mol. The molecule has 0 heterocycles. The predicted molar refractivity (Wildman–Crippen MR) is 88.6 cm³/mol. The Hall–Kier alpha value is -1.56. The van der Waals surface area contributed by atoms with Gasteiger partial charge in [0.2, 0.25) is 0 Å². The van der Waals surface area contributed by atoms with Crippen molar-refractivity contribution in [1.82, 2.24) is 0 Å². The Morgan fingerprint density at radius 3 is 1.50 bits per heavy atom. The molecule has 0 aromatic heterocycles. The van der Waals surface area contributed by atoms with Gasteiger partial charge >= 0.3 is 0 Å². The van der Waals surface area contributed by atoms with Gasteiger partial charge in [-0.1, -0.05) is 57.2 Å². The van der Waals surface area contributed by atoms with Gasteiger partial charge in [0, 0.05) is 5.92 Å². The first-order valence-corrected chi connectivity index (χ1v) is 7.76. The molecule has 0 radical (unpaired) electrons.